The van der Waals surface area contributed by atoms with Crippen molar-refractivity contribution < 1.29 is 14.3 Å². The first-order chi connectivity index (χ1) is 17.3. The Morgan fingerprint density at radius 3 is 2.31 bits per heavy atom. The molecule has 0 radical (unpaired) electrons. The van der Waals surface area contributed by atoms with Gasteiger partial charge in [-0.1, -0.05) is 18.2 Å². The summed E-state index contributed by atoms with van der Waals surface area (Å²) in [7, 11) is 1.67. The zero-order chi connectivity index (χ0) is 25.4. The van der Waals surface area contributed by atoms with E-state index in [1.807, 2.05) is 49.9 Å². The van der Waals surface area contributed by atoms with Gasteiger partial charge in [0, 0.05) is 36.6 Å². The number of nitrogens with one attached hydrogen (secondary N) is 2. The van der Waals surface area contributed by atoms with Crippen LogP contribution in [0.4, 0.5) is 11.5 Å². The van der Waals surface area contributed by atoms with Crippen molar-refractivity contribution in [1.82, 2.24) is 9.88 Å². The molecule has 3 atom stereocenters. The molecule has 1 saturated carbocycles. The summed E-state index contributed by atoms with van der Waals surface area (Å²) in [5, 5.41) is 6.16. The number of amides is 2. The Morgan fingerprint density at radius 2 is 1.69 bits per heavy atom. The lowest BCUT2D eigenvalue weighted by atomic mass is 10.1. The monoisotopic (exact) mass is 484 g/mol. The lowest BCUT2D eigenvalue weighted by molar-refractivity contribution is 0.0772. The maximum absolute atomic E-state index is 13.3. The number of aromatic nitrogens is 1. The number of fused-ring (bicyclic) bond motifs is 1. The molecule has 1 aliphatic heterocycles. The number of carbonyl (C=O) groups excluding carboxylic acids is 2. The quantitative estimate of drug-likeness (QED) is 0.495. The summed E-state index contributed by atoms with van der Waals surface area (Å²) in [6.45, 7) is 7.51. The van der Waals surface area contributed by atoms with Gasteiger partial charge < -0.3 is 20.3 Å². The van der Waals surface area contributed by atoms with E-state index in [1.54, 1.807) is 31.5 Å². The van der Waals surface area contributed by atoms with Gasteiger partial charge in [-0.05, 0) is 86.1 Å². The number of benzene rings is 2. The van der Waals surface area contributed by atoms with Crippen LogP contribution in [0.2, 0.25) is 0 Å². The molecule has 2 aromatic carbocycles. The highest BCUT2D eigenvalue weighted by molar-refractivity contribution is 6.05. The standard InChI is InChI=1S/C29H32N4O3/c1-17(2)31-26-12-9-21(14-30-26)28(34)32-25-13-20(6-5-18(25)3)29(35)33-15-23-24(16-33)27(23)19-7-10-22(36-4)11-8-19/h5-14,17,23-24,27H,15-16H2,1-4H3,(H,30,31)(H,32,34)/t23-,24?,27?/m0/s1. The Hall–Kier alpha value is -3.87. The second kappa shape index (κ2) is 9.64. The molecule has 2 N–H and O–H groups in total. The number of rotatable bonds is 7. The third kappa shape index (κ3) is 4.78. The molecule has 1 saturated heterocycles. The van der Waals surface area contributed by atoms with Crippen LogP contribution in [0.25, 0.3) is 0 Å². The summed E-state index contributed by atoms with van der Waals surface area (Å²) < 4.78 is 5.26. The lowest BCUT2D eigenvalue weighted by Gasteiger charge is -2.21. The van der Waals surface area contributed by atoms with Crippen molar-refractivity contribution in [3.05, 3.63) is 83.0 Å². The van der Waals surface area contributed by atoms with Crippen LogP contribution in [-0.2, 0) is 0 Å². The summed E-state index contributed by atoms with van der Waals surface area (Å²) in [6.07, 6.45) is 1.56. The second-order valence-corrected chi connectivity index (χ2v) is 10.1. The third-order valence-corrected chi connectivity index (χ3v) is 7.18. The Labute approximate surface area is 211 Å². The maximum Gasteiger partial charge on any atom is 0.257 e. The Kier molecular flexibility index (Phi) is 6.39. The van der Waals surface area contributed by atoms with Crippen LogP contribution in [0, 0.1) is 18.8 Å². The van der Waals surface area contributed by atoms with Gasteiger partial charge in [0.05, 0.1) is 12.7 Å². The van der Waals surface area contributed by atoms with Crippen molar-refractivity contribution in [2.45, 2.75) is 32.7 Å². The fourth-order valence-electron chi connectivity index (χ4n) is 5.19. The first-order valence-corrected chi connectivity index (χ1v) is 12.4. The molecule has 1 aromatic heterocycles. The first-order valence-electron chi connectivity index (χ1n) is 12.4. The van der Waals surface area contributed by atoms with Crippen molar-refractivity contribution in [3.63, 3.8) is 0 Å². The first kappa shape index (κ1) is 23.9. The number of methoxy groups -OCH3 is 1. The molecule has 36 heavy (non-hydrogen) atoms. The lowest BCUT2D eigenvalue weighted by Crippen LogP contribution is -2.31. The number of hydrogen-bond donors (Lipinski definition) is 2. The molecule has 5 rings (SSSR count). The molecular weight excluding hydrogens is 452 g/mol. The van der Waals surface area contributed by atoms with Crippen LogP contribution in [0.3, 0.4) is 0 Å². The minimum atomic E-state index is -0.254. The molecule has 7 heteroatoms. The molecule has 2 fully saturated rings. The van der Waals surface area contributed by atoms with Crippen molar-refractivity contribution in [1.29, 1.82) is 0 Å². The molecule has 186 valence electrons. The van der Waals surface area contributed by atoms with Crippen molar-refractivity contribution >= 4 is 23.3 Å². The van der Waals surface area contributed by atoms with E-state index in [0.717, 1.165) is 30.2 Å². The van der Waals surface area contributed by atoms with E-state index in [2.05, 4.69) is 27.8 Å². The zero-order valence-electron chi connectivity index (χ0n) is 21.1. The van der Waals surface area contributed by atoms with Crippen molar-refractivity contribution in [2.24, 2.45) is 11.8 Å². The second-order valence-electron chi connectivity index (χ2n) is 10.1. The molecule has 3 aromatic rings. The Morgan fingerprint density at radius 1 is 1.00 bits per heavy atom. The van der Waals surface area contributed by atoms with E-state index in [-0.39, 0.29) is 17.9 Å². The van der Waals surface area contributed by atoms with Gasteiger partial charge in [-0.15, -0.1) is 0 Å². The minimum absolute atomic E-state index is 0.0111. The molecule has 2 amide bonds. The van der Waals surface area contributed by atoms with E-state index in [9.17, 15) is 9.59 Å². The third-order valence-electron chi connectivity index (χ3n) is 7.18. The van der Waals surface area contributed by atoms with Gasteiger partial charge >= 0.3 is 0 Å². The van der Waals surface area contributed by atoms with Crippen molar-refractivity contribution in [2.75, 3.05) is 30.8 Å². The maximum atomic E-state index is 13.3. The predicted octanol–water partition coefficient (Wildman–Crippen LogP) is 4.96. The van der Waals surface area contributed by atoms with Crippen LogP contribution >= 0.6 is 0 Å². The number of piperidine rings is 1. The Balaban J connectivity index is 1.22. The van der Waals surface area contributed by atoms with E-state index in [1.165, 1.54) is 5.56 Å². The van der Waals surface area contributed by atoms with E-state index >= 15 is 0 Å². The molecule has 1 aliphatic carbocycles. The largest absolute Gasteiger partial charge is 0.497 e. The van der Waals surface area contributed by atoms with E-state index in [4.69, 9.17) is 4.74 Å². The molecule has 2 aliphatic rings. The topological polar surface area (TPSA) is 83.6 Å². The van der Waals surface area contributed by atoms with Gasteiger partial charge in [0.1, 0.15) is 11.6 Å². The van der Waals surface area contributed by atoms with Gasteiger partial charge in [-0.2, -0.15) is 0 Å². The molecule has 2 unspecified atom stereocenters. The van der Waals surface area contributed by atoms with Gasteiger partial charge in [0.15, 0.2) is 0 Å². The Bertz CT molecular complexity index is 1260. The summed E-state index contributed by atoms with van der Waals surface area (Å²) in [5.41, 5.74) is 3.91. The fourth-order valence-corrected chi connectivity index (χ4v) is 5.19. The molecule has 0 spiro atoms. The van der Waals surface area contributed by atoms with Crippen LogP contribution in [0.15, 0.2) is 60.8 Å². The van der Waals surface area contributed by atoms with Gasteiger partial charge in [-0.25, -0.2) is 4.98 Å². The van der Waals surface area contributed by atoms with Crippen LogP contribution in [0.5, 0.6) is 5.75 Å². The van der Waals surface area contributed by atoms with Gasteiger partial charge in [0.25, 0.3) is 11.8 Å². The number of likely N-dealkylation sites (tertiary alicyclic amines) is 1. The average molecular weight is 485 g/mol. The number of nitrogens with zero attached hydrogens (tertiary/aromatic N) is 2. The van der Waals surface area contributed by atoms with Crippen LogP contribution in [0.1, 0.15) is 51.6 Å². The average Bonchev–Trinajstić information content (AvgIpc) is 3.37. The number of aryl methyl sites for hydroxylation is 1. The highest BCUT2D eigenvalue weighted by Crippen LogP contribution is 2.58. The molecular formula is C29H32N4O3. The predicted molar refractivity (Wildman–Crippen MR) is 141 cm³/mol. The number of pyridine rings is 1. The van der Waals surface area contributed by atoms with Gasteiger partial charge in [0.2, 0.25) is 0 Å². The van der Waals surface area contributed by atoms with Crippen LogP contribution < -0.4 is 15.4 Å². The van der Waals surface area contributed by atoms with Crippen LogP contribution in [-0.4, -0.2) is 47.9 Å². The molecule has 0 bridgehead atoms. The number of hydrogen-bond acceptors (Lipinski definition) is 5. The van der Waals surface area contributed by atoms with Crippen molar-refractivity contribution in [3.8, 4) is 5.75 Å². The number of ether oxygens (including phenoxy) is 1. The highest BCUT2D eigenvalue weighted by atomic mass is 16.5. The summed E-state index contributed by atoms with van der Waals surface area (Å²) >= 11 is 0. The summed E-state index contributed by atoms with van der Waals surface area (Å²) in [5.74, 6) is 2.88. The normalized spacial score (nSPS) is 20.1. The SMILES string of the molecule is COc1ccc(C2C3CN(C(=O)c4ccc(C)c(NC(=O)c5ccc(NC(C)C)nc5)c4)C[C@@H]32)cc1. The zero-order valence-corrected chi connectivity index (χ0v) is 21.1. The van der Waals surface area contributed by atoms with E-state index < -0.39 is 0 Å². The summed E-state index contributed by atoms with van der Waals surface area (Å²) in [6, 6.07) is 17.6. The fraction of sp³-hybridized carbons (Fsp3) is 0.345. The highest BCUT2D eigenvalue weighted by Gasteiger charge is 2.57. The van der Waals surface area contributed by atoms with Gasteiger partial charge in [-0.3, -0.25) is 9.59 Å². The molecule has 7 nitrogen and oxygen atoms in total. The number of anilines is 2. The minimum Gasteiger partial charge on any atom is -0.497 e. The summed E-state index contributed by atoms with van der Waals surface area (Å²) in [4.78, 5) is 32.3. The smallest absolute Gasteiger partial charge is 0.257 e. The van der Waals surface area contributed by atoms with E-state index in [0.29, 0.717) is 34.6 Å². The molecule has 2 heterocycles. The number of carbonyl (C=O) groups is 2.